The number of nitrogens with one attached hydrogen (secondary N) is 1. The van der Waals surface area contributed by atoms with Crippen molar-refractivity contribution in [2.24, 2.45) is 5.92 Å². The minimum absolute atomic E-state index is 0.0654. The molecule has 112 valence electrons. The van der Waals surface area contributed by atoms with E-state index in [4.69, 9.17) is 11.6 Å². The number of carbonyl (C=O) groups is 2. The van der Waals surface area contributed by atoms with Crippen molar-refractivity contribution in [3.8, 4) is 0 Å². The van der Waals surface area contributed by atoms with Crippen molar-refractivity contribution < 1.29 is 19.1 Å². The standard InChI is InChI=1S/C15H15ClFNO3/c1-15(14(20)21,9-5-6-9)18-13(19)8-7-10-11(16)3-2-4-12(10)17/h2-4,7-9H,5-6H2,1H3,(H,18,19)(H,20,21)/b8-7+. The highest BCUT2D eigenvalue weighted by Gasteiger charge is 2.48. The molecule has 1 unspecified atom stereocenters. The van der Waals surface area contributed by atoms with Crippen LogP contribution in [0.2, 0.25) is 5.02 Å². The molecule has 6 heteroatoms. The van der Waals surface area contributed by atoms with Crippen molar-refractivity contribution in [1.29, 1.82) is 0 Å². The molecule has 0 aliphatic heterocycles. The Morgan fingerprint density at radius 3 is 2.67 bits per heavy atom. The van der Waals surface area contributed by atoms with Gasteiger partial charge in [-0.05, 0) is 43.9 Å². The second kappa shape index (κ2) is 5.85. The van der Waals surface area contributed by atoms with Crippen LogP contribution in [0.4, 0.5) is 4.39 Å². The van der Waals surface area contributed by atoms with E-state index < -0.39 is 23.2 Å². The molecule has 0 aromatic heterocycles. The van der Waals surface area contributed by atoms with E-state index in [9.17, 15) is 19.1 Å². The average Bonchev–Trinajstić information content (AvgIpc) is 3.22. The van der Waals surface area contributed by atoms with Crippen molar-refractivity contribution in [2.45, 2.75) is 25.3 Å². The second-order valence-corrected chi connectivity index (χ2v) is 5.65. The van der Waals surface area contributed by atoms with Crippen molar-refractivity contribution in [3.63, 3.8) is 0 Å². The molecular weight excluding hydrogens is 297 g/mol. The van der Waals surface area contributed by atoms with Gasteiger partial charge in [0, 0.05) is 11.6 Å². The highest BCUT2D eigenvalue weighted by molar-refractivity contribution is 6.32. The van der Waals surface area contributed by atoms with E-state index in [2.05, 4.69) is 5.32 Å². The van der Waals surface area contributed by atoms with E-state index in [-0.39, 0.29) is 16.5 Å². The monoisotopic (exact) mass is 311 g/mol. The quantitative estimate of drug-likeness (QED) is 0.822. The molecule has 1 aliphatic carbocycles. The Balaban J connectivity index is 2.11. The van der Waals surface area contributed by atoms with Crippen LogP contribution in [-0.4, -0.2) is 22.5 Å². The summed E-state index contributed by atoms with van der Waals surface area (Å²) >= 11 is 5.84. The number of benzene rings is 1. The molecule has 2 rings (SSSR count). The van der Waals surface area contributed by atoms with E-state index in [1.165, 1.54) is 31.2 Å². The summed E-state index contributed by atoms with van der Waals surface area (Å²) in [5.74, 6) is -2.28. The summed E-state index contributed by atoms with van der Waals surface area (Å²) in [6.45, 7) is 1.48. The summed E-state index contributed by atoms with van der Waals surface area (Å²) in [4.78, 5) is 23.2. The highest BCUT2D eigenvalue weighted by atomic mass is 35.5. The fraction of sp³-hybridized carbons (Fsp3) is 0.333. The molecule has 4 nitrogen and oxygen atoms in total. The summed E-state index contributed by atoms with van der Waals surface area (Å²) in [6.07, 6.45) is 3.87. The van der Waals surface area contributed by atoms with Crippen molar-refractivity contribution >= 4 is 29.6 Å². The molecule has 2 N–H and O–H groups in total. The van der Waals surface area contributed by atoms with E-state index in [0.717, 1.165) is 18.9 Å². The molecule has 0 spiro atoms. The highest BCUT2D eigenvalue weighted by Crippen LogP contribution is 2.39. The van der Waals surface area contributed by atoms with Gasteiger partial charge in [-0.25, -0.2) is 9.18 Å². The van der Waals surface area contributed by atoms with Gasteiger partial charge >= 0.3 is 5.97 Å². The Hall–Kier alpha value is -1.88. The number of carbonyl (C=O) groups excluding carboxylic acids is 1. The fourth-order valence-corrected chi connectivity index (χ4v) is 2.34. The molecule has 1 saturated carbocycles. The third kappa shape index (κ3) is 3.42. The predicted octanol–water partition coefficient (Wildman–Crippen LogP) is 2.86. The van der Waals surface area contributed by atoms with E-state index in [1.807, 2.05) is 0 Å². The zero-order valence-corrected chi connectivity index (χ0v) is 12.2. The van der Waals surface area contributed by atoms with Gasteiger partial charge in [0.1, 0.15) is 11.4 Å². The zero-order chi connectivity index (χ0) is 15.6. The molecule has 0 heterocycles. The molecule has 1 amide bonds. The number of hydrogen-bond donors (Lipinski definition) is 2. The first-order valence-corrected chi connectivity index (χ1v) is 6.90. The van der Waals surface area contributed by atoms with Gasteiger partial charge in [-0.15, -0.1) is 0 Å². The van der Waals surface area contributed by atoms with Crippen LogP contribution >= 0.6 is 11.6 Å². The molecular formula is C15H15ClFNO3. The Labute approximate surface area is 126 Å². The van der Waals surface area contributed by atoms with Crippen LogP contribution in [0, 0.1) is 11.7 Å². The maximum atomic E-state index is 13.5. The van der Waals surface area contributed by atoms with Gasteiger partial charge in [-0.3, -0.25) is 4.79 Å². The lowest BCUT2D eigenvalue weighted by atomic mass is 9.96. The van der Waals surface area contributed by atoms with Gasteiger partial charge in [-0.1, -0.05) is 17.7 Å². The molecule has 1 aliphatic rings. The van der Waals surface area contributed by atoms with Crippen molar-refractivity contribution in [1.82, 2.24) is 5.32 Å². The molecule has 1 aromatic rings. The molecule has 1 atom stereocenters. The van der Waals surface area contributed by atoms with Gasteiger partial charge in [0.15, 0.2) is 0 Å². The Bertz CT molecular complexity index is 593. The Morgan fingerprint density at radius 2 is 2.14 bits per heavy atom. The van der Waals surface area contributed by atoms with E-state index in [0.29, 0.717) is 0 Å². The van der Waals surface area contributed by atoms with Gasteiger partial charge in [0.25, 0.3) is 0 Å². The smallest absolute Gasteiger partial charge is 0.329 e. The molecule has 0 saturated heterocycles. The first-order valence-electron chi connectivity index (χ1n) is 6.52. The van der Waals surface area contributed by atoms with Gasteiger partial charge < -0.3 is 10.4 Å². The number of hydrogen-bond acceptors (Lipinski definition) is 2. The van der Waals surface area contributed by atoms with Crippen molar-refractivity contribution in [3.05, 3.63) is 40.7 Å². The number of rotatable bonds is 5. The summed E-state index contributed by atoms with van der Waals surface area (Å²) in [5, 5.41) is 11.9. The normalized spacial score (nSPS) is 17.5. The summed E-state index contributed by atoms with van der Waals surface area (Å²) in [7, 11) is 0. The van der Waals surface area contributed by atoms with Crippen LogP contribution in [0.3, 0.4) is 0 Å². The molecule has 0 bridgehead atoms. The summed E-state index contributed by atoms with van der Waals surface area (Å²) in [6, 6.07) is 4.20. The number of carboxylic acids is 1. The first-order chi connectivity index (χ1) is 9.84. The number of amides is 1. The van der Waals surface area contributed by atoms with Gasteiger partial charge in [0.2, 0.25) is 5.91 Å². The first kappa shape index (κ1) is 15.5. The van der Waals surface area contributed by atoms with Crippen molar-refractivity contribution in [2.75, 3.05) is 0 Å². The van der Waals surface area contributed by atoms with Crippen LogP contribution in [-0.2, 0) is 9.59 Å². The lowest BCUT2D eigenvalue weighted by Gasteiger charge is -2.25. The lowest BCUT2D eigenvalue weighted by molar-refractivity contribution is -0.147. The van der Waals surface area contributed by atoms with Crippen LogP contribution in [0.5, 0.6) is 0 Å². The van der Waals surface area contributed by atoms with E-state index in [1.54, 1.807) is 0 Å². The van der Waals surface area contributed by atoms with Crippen LogP contribution < -0.4 is 5.32 Å². The van der Waals surface area contributed by atoms with Gasteiger partial charge in [-0.2, -0.15) is 0 Å². The van der Waals surface area contributed by atoms with Crippen LogP contribution in [0.15, 0.2) is 24.3 Å². The average molecular weight is 312 g/mol. The Kier molecular flexibility index (Phi) is 4.32. The molecule has 1 fully saturated rings. The van der Waals surface area contributed by atoms with Crippen LogP contribution in [0.1, 0.15) is 25.3 Å². The second-order valence-electron chi connectivity index (χ2n) is 5.24. The number of carboxylic acid groups (broad SMARTS) is 1. The number of halogens is 2. The third-order valence-corrected chi connectivity index (χ3v) is 3.95. The minimum Gasteiger partial charge on any atom is -0.480 e. The largest absolute Gasteiger partial charge is 0.480 e. The fourth-order valence-electron chi connectivity index (χ4n) is 2.12. The Morgan fingerprint density at radius 1 is 1.48 bits per heavy atom. The maximum Gasteiger partial charge on any atom is 0.329 e. The topological polar surface area (TPSA) is 66.4 Å². The van der Waals surface area contributed by atoms with Crippen LogP contribution in [0.25, 0.3) is 6.08 Å². The SMILES string of the molecule is CC(NC(=O)/C=C/c1c(F)cccc1Cl)(C(=O)O)C1CC1. The van der Waals surface area contributed by atoms with E-state index >= 15 is 0 Å². The summed E-state index contributed by atoms with van der Waals surface area (Å²) in [5.41, 5.74) is -1.20. The molecule has 21 heavy (non-hydrogen) atoms. The minimum atomic E-state index is -1.29. The third-order valence-electron chi connectivity index (χ3n) is 3.62. The molecule has 0 radical (unpaired) electrons. The zero-order valence-electron chi connectivity index (χ0n) is 11.4. The maximum absolute atomic E-state index is 13.5. The predicted molar refractivity (Wildman–Crippen MR) is 77.4 cm³/mol. The number of aliphatic carboxylic acids is 1. The summed E-state index contributed by atoms with van der Waals surface area (Å²) < 4.78 is 13.5. The lowest BCUT2D eigenvalue weighted by Crippen LogP contribution is -2.53. The molecule has 1 aromatic carbocycles. The van der Waals surface area contributed by atoms with Gasteiger partial charge in [0.05, 0.1) is 5.02 Å².